The van der Waals surface area contributed by atoms with Crippen molar-refractivity contribution in [2.24, 2.45) is 5.73 Å². The van der Waals surface area contributed by atoms with Crippen LogP contribution in [0, 0.1) is 19.9 Å². The fourth-order valence-corrected chi connectivity index (χ4v) is 4.91. The highest BCUT2D eigenvalue weighted by Gasteiger charge is 2.18. The number of aromatic nitrogens is 1. The smallest absolute Gasteiger partial charge is 0.249 e. The molecule has 33 heavy (non-hydrogen) atoms. The molecule has 0 unspecified atom stereocenters. The van der Waals surface area contributed by atoms with Crippen molar-refractivity contribution >= 4 is 50.9 Å². The molecule has 1 aromatic heterocycles. The number of benzene rings is 4. The Morgan fingerprint density at radius 1 is 0.970 bits per heavy atom. The lowest BCUT2D eigenvalue weighted by atomic mass is 10.0. The fourth-order valence-electron chi connectivity index (χ4n) is 4.39. The lowest BCUT2D eigenvalue weighted by Gasteiger charge is -2.11. The third-order valence-corrected chi connectivity index (χ3v) is 6.76. The molecule has 0 saturated heterocycles. The summed E-state index contributed by atoms with van der Waals surface area (Å²) in [6.45, 7) is 4.87. The summed E-state index contributed by atoms with van der Waals surface area (Å²) >= 11 is 12.6. The molecule has 2 N–H and O–H groups in total. The maximum Gasteiger partial charge on any atom is 0.249 e. The summed E-state index contributed by atoms with van der Waals surface area (Å²) in [6.07, 6.45) is 0. The van der Waals surface area contributed by atoms with Crippen LogP contribution >= 0.6 is 23.2 Å². The molecule has 5 rings (SSSR count). The van der Waals surface area contributed by atoms with Gasteiger partial charge in [0.2, 0.25) is 5.91 Å². The van der Waals surface area contributed by atoms with Crippen molar-refractivity contribution in [1.82, 2.24) is 4.57 Å². The number of amides is 1. The van der Waals surface area contributed by atoms with Crippen molar-refractivity contribution in [2.75, 3.05) is 0 Å². The zero-order valence-corrected chi connectivity index (χ0v) is 19.8. The van der Waals surface area contributed by atoms with Gasteiger partial charge < -0.3 is 10.3 Å². The van der Waals surface area contributed by atoms with Gasteiger partial charge in [0.05, 0.1) is 11.0 Å². The Bertz CT molecular complexity index is 1570. The Morgan fingerprint density at radius 2 is 1.79 bits per heavy atom. The monoisotopic (exact) mass is 471 g/mol. The number of nitrogens with two attached hydrogens (primary N) is 1. The minimum atomic E-state index is -0.455. The fraction of sp³-hybridized carbons (Fsp3) is 0.107. The summed E-state index contributed by atoms with van der Waals surface area (Å²) in [5.74, 6) is -0.455. The molecule has 4 aromatic carbocycles. The summed E-state index contributed by atoms with van der Waals surface area (Å²) in [5.41, 5.74) is 13.6. The van der Waals surface area contributed by atoms with Crippen molar-refractivity contribution in [2.45, 2.75) is 20.4 Å². The van der Waals surface area contributed by atoms with E-state index in [-0.39, 0.29) is 0 Å². The van der Waals surface area contributed by atoms with E-state index in [4.69, 9.17) is 28.9 Å². The quantitative estimate of drug-likeness (QED) is 0.292. The van der Waals surface area contributed by atoms with Crippen LogP contribution in [0.5, 0.6) is 0 Å². The molecule has 0 atom stereocenters. The minimum absolute atomic E-state index is 0.455. The molecule has 0 saturated carbocycles. The number of halogens is 2. The average Bonchev–Trinajstić information content (AvgIpc) is 3.09. The molecular weight excluding hydrogens is 451 g/mol. The van der Waals surface area contributed by atoms with Crippen molar-refractivity contribution in [3.63, 3.8) is 0 Å². The van der Waals surface area contributed by atoms with Crippen LogP contribution in [0.15, 0.2) is 66.7 Å². The Balaban J connectivity index is 1.80. The first-order chi connectivity index (χ1) is 15.8. The maximum absolute atomic E-state index is 12.2. The number of carbonyl (C=O) groups excluding carboxylic acids is 1. The molecule has 0 fully saturated rings. The summed E-state index contributed by atoms with van der Waals surface area (Å²) in [4.78, 5) is 12.2. The third-order valence-electron chi connectivity index (χ3n) is 6.21. The van der Waals surface area contributed by atoms with Crippen molar-refractivity contribution in [3.8, 4) is 11.1 Å². The van der Waals surface area contributed by atoms with Crippen LogP contribution in [-0.4, -0.2) is 10.5 Å². The van der Waals surface area contributed by atoms with Gasteiger partial charge in [-0.15, -0.1) is 0 Å². The second-order valence-corrected chi connectivity index (χ2v) is 9.19. The summed E-state index contributed by atoms with van der Waals surface area (Å²) < 4.78 is 2.21. The number of hydrogen-bond acceptors (Lipinski definition) is 1. The van der Waals surface area contributed by atoms with Gasteiger partial charge in [0, 0.05) is 38.5 Å². The van der Waals surface area contributed by atoms with Crippen LogP contribution in [0.1, 0.15) is 27.0 Å². The normalized spacial score (nSPS) is 11.4. The first-order valence-electron chi connectivity index (χ1n) is 10.6. The molecule has 3 nitrogen and oxygen atoms in total. The average molecular weight is 472 g/mol. The number of primary amides is 1. The molecule has 0 aliphatic heterocycles. The second-order valence-electron chi connectivity index (χ2n) is 8.34. The van der Waals surface area contributed by atoms with Gasteiger partial charge in [-0.3, -0.25) is 4.79 Å². The van der Waals surface area contributed by atoms with Gasteiger partial charge in [-0.05, 0) is 78.6 Å². The molecule has 1 amide bonds. The number of rotatable bonds is 4. The lowest BCUT2D eigenvalue weighted by Crippen LogP contribution is -2.11. The standard InChI is InChI=1S/C28H21Cl2N2O/c1-16-6-7-18(12-17(16)2)15-32-25-5-3-4-23(28(31)33)27(25)22-10-8-19(13-26(22)32)21-11-9-20(29)14-24(21)30/h3-9,11-14H,15H2,1-2H3,(H2,31,33). The highest BCUT2D eigenvalue weighted by atomic mass is 35.5. The largest absolute Gasteiger partial charge is 0.366 e. The van der Waals surface area contributed by atoms with E-state index >= 15 is 0 Å². The van der Waals surface area contributed by atoms with Crippen molar-refractivity contribution in [1.29, 1.82) is 0 Å². The highest BCUT2D eigenvalue weighted by Crippen LogP contribution is 2.37. The topological polar surface area (TPSA) is 48.0 Å². The minimum Gasteiger partial charge on any atom is -0.366 e. The molecule has 0 aliphatic rings. The van der Waals surface area contributed by atoms with Gasteiger partial charge in [0.25, 0.3) is 0 Å². The molecule has 5 aromatic rings. The molecule has 1 heterocycles. The Morgan fingerprint density at radius 3 is 2.52 bits per heavy atom. The number of nitrogens with zero attached hydrogens (tertiary/aromatic N) is 1. The lowest BCUT2D eigenvalue weighted by molar-refractivity contribution is 0.100. The van der Waals surface area contributed by atoms with Gasteiger partial charge >= 0.3 is 0 Å². The summed E-state index contributed by atoms with van der Waals surface area (Å²) in [6, 6.07) is 25.0. The van der Waals surface area contributed by atoms with E-state index in [1.807, 2.05) is 30.3 Å². The molecule has 5 heteroatoms. The number of hydrogen-bond donors (Lipinski definition) is 1. The van der Waals surface area contributed by atoms with Crippen LogP contribution in [0.2, 0.25) is 10.0 Å². The number of carbonyl (C=O) groups is 1. The van der Waals surface area contributed by atoms with E-state index in [1.54, 1.807) is 12.1 Å². The Labute approximate surface area is 202 Å². The zero-order valence-electron chi connectivity index (χ0n) is 18.2. The predicted octanol–water partition coefficient (Wildman–Crippen LogP) is 7.33. The SMILES string of the molecule is Cc1ccc(Cn2c3cc(-c4ccc(Cl)cc4Cl)c[c]c3c3c(C(N)=O)cccc32)cc1C. The molecule has 0 spiro atoms. The predicted molar refractivity (Wildman–Crippen MR) is 137 cm³/mol. The van der Waals surface area contributed by atoms with Gasteiger partial charge in [0.1, 0.15) is 0 Å². The van der Waals surface area contributed by atoms with Crippen LogP contribution < -0.4 is 5.73 Å². The van der Waals surface area contributed by atoms with E-state index in [1.165, 1.54) is 16.7 Å². The zero-order chi connectivity index (χ0) is 23.3. The molecule has 0 aliphatic carbocycles. The van der Waals surface area contributed by atoms with Crippen molar-refractivity contribution < 1.29 is 4.79 Å². The molecular formula is C28H21Cl2N2O. The Kier molecular flexibility index (Phi) is 5.40. The van der Waals surface area contributed by atoms with Gasteiger partial charge in [0.15, 0.2) is 0 Å². The van der Waals surface area contributed by atoms with E-state index in [0.29, 0.717) is 22.2 Å². The van der Waals surface area contributed by atoms with Crippen LogP contribution in [0.25, 0.3) is 32.9 Å². The van der Waals surface area contributed by atoms with Gasteiger partial charge in [-0.25, -0.2) is 0 Å². The maximum atomic E-state index is 12.2. The summed E-state index contributed by atoms with van der Waals surface area (Å²) in [5, 5.41) is 2.84. The van der Waals surface area contributed by atoms with E-state index in [2.05, 4.69) is 48.7 Å². The number of fused-ring (bicyclic) bond motifs is 3. The van der Waals surface area contributed by atoms with Crippen molar-refractivity contribution in [3.05, 3.63) is 105 Å². The van der Waals surface area contributed by atoms with Gasteiger partial charge in [-0.2, -0.15) is 0 Å². The number of aryl methyl sites for hydroxylation is 2. The van der Waals surface area contributed by atoms with Crippen LogP contribution in [-0.2, 0) is 6.54 Å². The first-order valence-corrected chi connectivity index (χ1v) is 11.4. The Hall–Kier alpha value is -3.27. The molecule has 163 valence electrons. The van der Waals surface area contributed by atoms with E-state index in [0.717, 1.165) is 32.9 Å². The third kappa shape index (κ3) is 3.78. The van der Waals surface area contributed by atoms with E-state index in [9.17, 15) is 4.79 Å². The molecule has 0 bridgehead atoms. The highest BCUT2D eigenvalue weighted by molar-refractivity contribution is 6.36. The first kappa shape index (κ1) is 21.6. The van der Waals surface area contributed by atoms with E-state index < -0.39 is 5.91 Å². The van der Waals surface area contributed by atoms with Gasteiger partial charge in [-0.1, -0.05) is 53.5 Å². The van der Waals surface area contributed by atoms with Crippen LogP contribution in [0.3, 0.4) is 0 Å². The second kappa shape index (κ2) is 8.26. The summed E-state index contributed by atoms with van der Waals surface area (Å²) in [7, 11) is 0. The molecule has 1 radical (unpaired) electrons. The van der Waals surface area contributed by atoms with Crippen LogP contribution in [0.4, 0.5) is 0 Å².